The lowest BCUT2D eigenvalue weighted by Crippen LogP contribution is -2.43. The molecular formula is C14H27NO2. The molecule has 3 nitrogen and oxygen atoms in total. The first-order valence-electron chi connectivity index (χ1n) is 7.11. The SMILES string of the molecule is CCCCC(C(=O)OC)N1CCCCCCC1. The first-order valence-corrected chi connectivity index (χ1v) is 7.11. The van der Waals surface area contributed by atoms with Crippen LogP contribution in [-0.4, -0.2) is 37.1 Å². The molecule has 17 heavy (non-hydrogen) atoms. The molecule has 1 aliphatic rings. The van der Waals surface area contributed by atoms with Crippen LogP contribution in [0.3, 0.4) is 0 Å². The van der Waals surface area contributed by atoms with Crippen molar-refractivity contribution in [3.8, 4) is 0 Å². The Bertz CT molecular complexity index is 210. The van der Waals surface area contributed by atoms with E-state index in [0.29, 0.717) is 0 Å². The van der Waals surface area contributed by atoms with Crippen molar-refractivity contribution in [2.75, 3.05) is 20.2 Å². The monoisotopic (exact) mass is 241 g/mol. The van der Waals surface area contributed by atoms with E-state index in [1.165, 1.54) is 39.2 Å². The van der Waals surface area contributed by atoms with E-state index < -0.39 is 0 Å². The molecule has 0 amide bonds. The lowest BCUT2D eigenvalue weighted by Gasteiger charge is -2.31. The molecule has 1 fully saturated rings. The number of hydrogen-bond acceptors (Lipinski definition) is 3. The molecule has 1 atom stereocenters. The number of hydrogen-bond donors (Lipinski definition) is 0. The largest absolute Gasteiger partial charge is 0.468 e. The highest BCUT2D eigenvalue weighted by atomic mass is 16.5. The predicted octanol–water partition coefficient (Wildman–Crippen LogP) is 2.98. The molecule has 0 aliphatic carbocycles. The van der Waals surface area contributed by atoms with Crippen molar-refractivity contribution < 1.29 is 9.53 Å². The predicted molar refractivity (Wildman–Crippen MR) is 70.0 cm³/mol. The molecule has 1 saturated heterocycles. The van der Waals surface area contributed by atoms with E-state index in [1.807, 2.05) is 0 Å². The summed E-state index contributed by atoms with van der Waals surface area (Å²) in [6, 6.07) is -0.00181. The molecule has 0 aromatic carbocycles. The molecule has 0 saturated carbocycles. The summed E-state index contributed by atoms with van der Waals surface area (Å²) >= 11 is 0. The van der Waals surface area contributed by atoms with E-state index in [4.69, 9.17) is 4.74 Å². The van der Waals surface area contributed by atoms with Crippen molar-refractivity contribution in [2.24, 2.45) is 0 Å². The van der Waals surface area contributed by atoms with E-state index in [1.54, 1.807) is 0 Å². The fourth-order valence-electron chi connectivity index (χ4n) is 2.57. The number of rotatable bonds is 5. The summed E-state index contributed by atoms with van der Waals surface area (Å²) in [4.78, 5) is 14.2. The van der Waals surface area contributed by atoms with Crippen LogP contribution in [0.1, 0.15) is 58.3 Å². The minimum atomic E-state index is -0.0426. The molecule has 0 aromatic rings. The number of esters is 1. The Kier molecular flexibility index (Phi) is 7.25. The van der Waals surface area contributed by atoms with Crippen molar-refractivity contribution in [2.45, 2.75) is 64.3 Å². The second-order valence-electron chi connectivity index (χ2n) is 4.98. The molecule has 1 aliphatic heterocycles. The normalized spacial score (nSPS) is 20.4. The first-order chi connectivity index (χ1) is 8.29. The van der Waals surface area contributed by atoms with E-state index in [2.05, 4.69) is 11.8 Å². The van der Waals surface area contributed by atoms with Crippen LogP contribution in [0.5, 0.6) is 0 Å². The number of likely N-dealkylation sites (tertiary alicyclic amines) is 1. The molecule has 1 unspecified atom stereocenters. The van der Waals surface area contributed by atoms with Crippen LogP contribution in [0, 0.1) is 0 Å². The van der Waals surface area contributed by atoms with Gasteiger partial charge >= 0.3 is 5.97 Å². The average molecular weight is 241 g/mol. The van der Waals surface area contributed by atoms with Gasteiger partial charge in [0.25, 0.3) is 0 Å². The third kappa shape index (κ3) is 5.07. The van der Waals surface area contributed by atoms with Gasteiger partial charge in [-0.25, -0.2) is 0 Å². The van der Waals surface area contributed by atoms with E-state index >= 15 is 0 Å². The fraction of sp³-hybridized carbons (Fsp3) is 0.929. The lowest BCUT2D eigenvalue weighted by atomic mass is 10.0. The quantitative estimate of drug-likeness (QED) is 0.693. The van der Waals surface area contributed by atoms with Gasteiger partial charge in [0.05, 0.1) is 7.11 Å². The average Bonchev–Trinajstić information content (AvgIpc) is 2.30. The zero-order chi connectivity index (χ0) is 12.5. The minimum Gasteiger partial charge on any atom is -0.468 e. The van der Waals surface area contributed by atoms with Crippen LogP contribution in [0.25, 0.3) is 0 Å². The second-order valence-corrected chi connectivity index (χ2v) is 4.98. The third-order valence-corrected chi connectivity index (χ3v) is 3.64. The molecule has 0 N–H and O–H groups in total. The number of unbranched alkanes of at least 4 members (excludes halogenated alkanes) is 1. The van der Waals surface area contributed by atoms with Crippen molar-refractivity contribution >= 4 is 5.97 Å². The molecule has 1 heterocycles. The van der Waals surface area contributed by atoms with Gasteiger partial charge in [-0.2, -0.15) is 0 Å². The van der Waals surface area contributed by atoms with E-state index in [9.17, 15) is 4.79 Å². The highest BCUT2D eigenvalue weighted by Gasteiger charge is 2.25. The van der Waals surface area contributed by atoms with Gasteiger partial charge in [-0.05, 0) is 32.4 Å². The van der Waals surface area contributed by atoms with Crippen molar-refractivity contribution in [1.82, 2.24) is 4.90 Å². The van der Waals surface area contributed by atoms with Crippen LogP contribution < -0.4 is 0 Å². The van der Waals surface area contributed by atoms with Crippen molar-refractivity contribution in [3.05, 3.63) is 0 Å². The number of carbonyl (C=O) groups is 1. The fourth-order valence-corrected chi connectivity index (χ4v) is 2.57. The van der Waals surface area contributed by atoms with Gasteiger partial charge in [0.15, 0.2) is 0 Å². The summed E-state index contributed by atoms with van der Waals surface area (Å²) in [5.74, 6) is -0.0426. The Morgan fingerprint density at radius 2 is 1.76 bits per heavy atom. The summed E-state index contributed by atoms with van der Waals surface area (Å²) in [5, 5.41) is 0. The van der Waals surface area contributed by atoms with Gasteiger partial charge < -0.3 is 4.74 Å². The maximum atomic E-state index is 11.9. The maximum absolute atomic E-state index is 11.9. The molecule has 0 bridgehead atoms. The maximum Gasteiger partial charge on any atom is 0.323 e. The molecule has 100 valence electrons. The first kappa shape index (κ1) is 14.5. The zero-order valence-corrected chi connectivity index (χ0v) is 11.4. The molecule has 0 aromatic heterocycles. The van der Waals surface area contributed by atoms with Crippen LogP contribution in [-0.2, 0) is 9.53 Å². The van der Waals surface area contributed by atoms with Crippen molar-refractivity contribution in [1.29, 1.82) is 0 Å². The van der Waals surface area contributed by atoms with Crippen molar-refractivity contribution in [3.63, 3.8) is 0 Å². The van der Waals surface area contributed by atoms with Crippen LogP contribution in [0.4, 0.5) is 0 Å². The van der Waals surface area contributed by atoms with Gasteiger partial charge in [-0.15, -0.1) is 0 Å². The second kappa shape index (κ2) is 8.51. The highest BCUT2D eigenvalue weighted by Crippen LogP contribution is 2.17. The molecular weight excluding hydrogens is 214 g/mol. The summed E-state index contributed by atoms with van der Waals surface area (Å²) in [6.07, 6.45) is 9.60. The van der Waals surface area contributed by atoms with Gasteiger partial charge in [0.2, 0.25) is 0 Å². The summed E-state index contributed by atoms with van der Waals surface area (Å²) in [5.41, 5.74) is 0. The Labute approximate surface area is 106 Å². The van der Waals surface area contributed by atoms with Gasteiger partial charge in [-0.3, -0.25) is 9.69 Å². The Morgan fingerprint density at radius 1 is 1.18 bits per heavy atom. The minimum absolute atomic E-state index is 0.00181. The van der Waals surface area contributed by atoms with Crippen LogP contribution in [0.15, 0.2) is 0 Å². The highest BCUT2D eigenvalue weighted by molar-refractivity contribution is 5.75. The standard InChI is InChI=1S/C14H27NO2/c1-3-4-10-13(14(16)17-2)15-11-8-6-5-7-9-12-15/h13H,3-12H2,1-2H3. The summed E-state index contributed by atoms with van der Waals surface area (Å²) in [7, 11) is 1.51. The lowest BCUT2D eigenvalue weighted by molar-refractivity contribution is -0.147. The third-order valence-electron chi connectivity index (χ3n) is 3.64. The number of carbonyl (C=O) groups excluding carboxylic acids is 1. The number of nitrogens with zero attached hydrogens (tertiary/aromatic N) is 1. The van der Waals surface area contributed by atoms with E-state index in [0.717, 1.165) is 32.4 Å². The molecule has 3 heteroatoms. The summed E-state index contributed by atoms with van der Waals surface area (Å²) < 4.78 is 4.95. The summed E-state index contributed by atoms with van der Waals surface area (Å²) in [6.45, 7) is 4.29. The van der Waals surface area contributed by atoms with E-state index in [-0.39, 0.29) is 12.0 Å². The number of methoxy groups -OCH3 is 1. The topological polar surface area (TPSA) is 29.5 Å². The Morgan fingerprint density at radius 3 is 2.29 bits per heavy atom. The van der Waals surface area contributed by atoms with Gasteiger partial charge in [0.1, 0.15) is 6.04 Å². The number of ether oxygens (including phenoxy) is 1. The van der Waals surface area contributed by atoms with Gasteiger partial charge in [-0.1, -0.05) is 39.0 Å². The Hall–Kier alpha value is -0.570. The van der Waals surface area contributed by atoms with Crippen LogP contribution >= 0.6 is 0 Å². The van der Waals surface area contributed by atoms with Gasteiger partial charge in [0, 0.05) is 0 Å². The molecule has 0 radical (unpaired) electrons. The zero-order valence-electron chi connectivity index (χ0n) is 11.4. The van der Waals surface area contributed by atoms with Crippen LogP contribution in [0.2, 0.25) is 0 Å². The molecule has 0 spiro atoms. The Balaban J connectivity index is 2.54. The smallest absolute Gasteiger partial charge is 0.323 e. The molecule has 1 rings (SSSR count).